The van der Waals surface area contributed by atoms with Gasteiger partial charge in [-0.2, -0.15) is 0 Å². The summed E-state index contributed by atoms with van der Waals surface area (Å²) in [5.74, 6) is -0.337. The van der Waals surface area contributed by atoms with Gasteiger partial charge in [0.15, 0.2) is 0 Å². The monoisotopic (exact) mass is 332 g/mol. The Kier molecular flexibility index (Phi) is 6.34. The van der Waals surface area contributed by atoms with E-state index in [0.29, 0.717) is 11.3 Å². The van der Waals surface area contributed by atoms with Crippen LogP contribution in [0.4, 0.5) is 14.5 Å². The molecule has 1 amide bonds. The van der Waals surface area contributed by atoms with E-state index < -0.39 is 28.6 Å². The summed E-state index contributed by atoms with van der Waals surface area (Å²) in [6.07, 6.45) is -2.65. The fraction of sp³-hybridized carbons (Fsp3) is 0.533. The molecule has 0 aliphatic rings. The van der Waals surface area contributed by atoms with Crippen LogP contribution in [0.3, 0.4) is 0 Å². The van der Waals surface area contributed by atoms with Crippen LogP contribution < -0.4 is 10.0 Å². The van der Waals surface area contributed by atoms with Gasteiger partial charge in [-0.05, 0) is 51.5 Å². The van der Waals surface area contributed by atoms with Gasteiger partial charge in [0.05, 0.1) is 6.04 Å². The second-order valence-electron chi connectivity index (χ2n) is 6.09. The van der Waals surface area contributed by atoms with Crippen molar-refractivity contribution in [1.29, 1.82) is 0 Å². The van der Waals surface area contributed by atoms with Gasteiger partial charge in [-0.3, -0.25) is 4.79 Å². The Labute approximate surface area is 133 Å². The third-order valence-electron chi connectivity index (χ3n) is 2.89. The number of carbonyl (C=O) groups excluding carboxylic acids is 1. The van der Waals surface area contributed by atoms with E-state index in [1.165, 1.54) is 19.1 Å². The molecule has 1 aromatic carbocycles. The van der Waals surface area contributed by atoms with Gasteiger partial charge in [0.25, 0.3) is 6.43 Å². The molecule has 0 saturated carbocycles. The SMILES string of the molecule is CC(=O)Nc1cc(C(F)F)cc([C@@H](C)N[S+]([O-])C(C)(C)C)c1. The van der Waals surface area contributed by atoms with E-state index in [2.05, 4.69) is 10.0 Å². The van der Waals surface area contributed by atoms with Gasteiger partial charge < -0.3 is 9.87 Å². The maximum atomic E-state index is 13.0. The zero-order valence-corrected chi connectivity index (χ0v) is 14.2. The predicted octanol–water partition coefficient (Wildman–Crippen LogP) is 3.70. The quantitative estimate of drug-likeness (QED) is 0.808. The largest absolute Gasteiger partial charge is 0.598 e. The molecule has 0 spiro atoms. The predicted molar refractivity (Wildman–Crippen MR) is 85.1 cm³/mol. The number of hydrogen-bond acceptors (Lipinski definition) is 3. The Morgan fingerprint density at radius 3 is 2.23 bits per heavy atom. The summed E-state index contributed by atoms with van der Waals surface area (Å²) in [7, 11) is 0. The summed E-state index contributed by atoms with van der Waals surface area (Å²) < 4.78 is 40.5. The second kappa shape index (κ2) is 7.39. The standard InChI is InChI=1S/C15H22F2N2O2S/c1-9(19-22(21)15(3,4)5)11-6-12(14(16)17)8-13(7-11)18-10(2)20/h6-9,14,19H,1-5H3,(H,18,20)/t9-,22?/m1/s1. The highest BCUT2D eigenvalue weighted by atomic mass is 32.2. The number of alkyl halides is 2. The lowest BCUT2D eigenvalue weighted by molar-refractivity contribution is -0.114. The van der Waals surface area contributed by atoms with Crippen LogP contribution in [0.2, 0.25) is 0 Å². The van der Waals surface area contributed by atoms with E-state index in [1.807, 2.05) is 20.8 Å². The first kappa shape index (κ1) is 18.9. The van der Waals surface area contributed by atoms with E-state index in [1.54, 1.807) is 13.0 Å². The normalized spacial score (nSPS) is 14.8. The van der Waals surface area contributed by atoms with E-state index in [9.17, 15) is 18.1 Å². The smallest absolute Gasteiger partial charge is 0.263 e. The molecule has 2 atom stereocenters. The number of nitrogens with one attached hydrogen (secondary N) is 2. The molecular formula is C15H22F2N2O2S. The van der Waals surface area contributed by atoms with Crippen LogP contribution in [0.1, 0.15) is 58.2 Å². The van der Waals surface area contributed by atoms with Gasteiger partial charge in [-0.25, -0.2) is 8.78 Å². The Hall–Kier alpha value is -1.18. The lowest BCUT2D eigenvalue weighted by Gasteiger charge is -2.27. The molecular weight excluding hydrogens is 310 g/mol. The molecule has 4 nitrogen and oxygen atoms in total. The van der Waals surface area contributed by atoms with Crippen molar-refractivity contribution in [3.05, 3.63) is 29.3 Å². The molecule has 0 bridgehead atoms. The van der Waals surface area contributed by atoms with Crippen molar-refractivity contribution in [2.45, 2.75) is 51.8 Å². The zero-order valence-electron chi connectivity index (χ0n) is 13.4. The van der Waals surface area contributed by atoms with Crippen LogP contribution in [0.15, 0.2) is 18.2 Å². The van der Waals surface area contributed by atoms with Crippen LogP contribution in [0.25, 0.3) is 0 Å². The molecule has 1 unspecified atom stereocenters. The van der Waals surface area contributed by atoms with Crippen molar-refractivity contribution in [3.8, 4) is 0 Å². The molecule has 1 aromatic rings. The van der Waals surface area contributed by atoms with Crippen LogP contribution in [-0.4, -0.2) is 15.2 Å². The van der Waals surface area contributed by atoms with Gasteiger partial charge in [-0.15, -0.1) is 4.72 Å². The fourth-order valence-electron chi connectivity index (χ4n) is 1.73. The van der Waals surface area contributed by atoms with Gasteiger partial charge in [0.2, 0.25) is 5.91 Å². The van der Waals surface area contributed by atoms with Crippen molar-refractivity contribution in [3.63, 3.8) is 0 Å². The topological polar surface area (TPSA) is 64.2 Å². The van der Waals surface area contributed by atoms with E-state index in [4.69, 9.17) is 0 Å². The Morgan fingerprint density at radius 2 is 1.77 bits per heavy atom. The summed E-state index contributed by atoms with van der Waals surface area (Å²) in [4.78, 5) is 11.1. The third-order valence-corrected chi connectivity index (χ3v) is 4.57. The molecule has 0 saturated heterocycles. The van der Waals surface area contributed by atoms with Crippen LogP contribution in [0.5, 0.6) is 0 Å². The Balaban J connectivity index is 3.06. The lowest BCUT2D eigenvalue weighted by atomic mass is 10.0. The lowest BCUT2D eigenvalue weighted by Crippen LogP contribution is -2.40. The molecule has 124 valence electrons. The summed E-state index contributed by atoms with van der Waals surface area (Å²) in [6.45, 7) is 8.51. The third kappa shape index (κ3) is 5.55. The highest BCUT2D eigenvalue weighted by Crippen LogP contribution is 2.28. The average Bonchev–Trinajstić information content (AvgIpc) is 2.36. The number of anilines is 1. The van der Waals surface area contributed by atoms with Crippen molar-refractivity contribution in [2.24, 2.45) is 0 Å². The van der Waals surface area contributed by atoms with Crippen molar-refractivity contribution in [1.82, 2.24) is 4.72 Å². The van der Waals surface area contributed by atoms with Gasteiger partial charge in [0.1, 0.15) is 4.75 Å². The van der Waals surface area contributed by atoms with E-state index in [0.717, 1.165) is 0 Å². The highest BCUT2D eigenvalue weighted by molar-refractivity contribution is 7.90. The van der Waals surface area contributed by atoms with Crippen molar-refractivity contribution < 1.29 is 18.1 Å². The Morgan fingerprint density at radius 1 is 1.23 bits per heavy atom. The van der Waals surface area contributed by atoms with Gasteiger partial charge in [0, 0.05) is 29.5 Å². The van der Waals surface area contributed by atoms with Crippen LogP contribution in [0, 0.1) is 0 Å². The molecule has 0 heterocycles. The first-order chi connectivity index (χ1) is 10.0. The Bertz CT molecular complexity index is 533. The first-order valence-corrected chi connectivity index (χ1v) is 8.04. The van der Waals surface area contributed by atoms with Gasteiger partial charge in [-0.1, -0.05) is 0 Å². The summed E-state index contributed by atoms with van der Waals surface area (Å²) in [5, 5.41) is 2.50. The van der Waals surface area contributed by atoms with Crippen molar-refractivity contribution >= 4 is 23.0 Å². The molecule has 2 N–H and O–H groups in total. The molecule has 7 heteroatoms. The van der Waals surface area contributed by atoms with E-state index in [-0.39, 0.29) is 11.5 Å². The summed E-state index contributed by atoms with van der Waals surface area (Å²) in [5.41, 5.74) is 0.658. The average molecular weight is 332 g/mol. The number of benzene rings is 1. The van der Waals surface area contributed by atoms with Crippen LogP contribution >= 0.6 is 0 Å². The molecule has 0 aliphatic carbocycles. The number of rotatable bonds is 5. The maximum Gasteiger partial charge on any atom is 0.263 e. The molecule has 0 fully saturated rings. The minimum atomic E-state index is -2.65. The van der Waals surface area contributed by atoms with E-state index >= 15 is 0 Å². The first-order valence-electron chi connectivity index (χ1n) is 6.89. The second-order valence-corrected chi connectivity index (χ2v) is 8.09. The fourth-order valence-corrected chi connectivity index (χ4v) is 2.54. The number of amides is 1. The molecule has 0 aromatic heterocycles. The minimum Gasteiger partial charge on any atom is -0.598 e. The number of hydrogen-bond donors (Lipinski definition) is 2. The summed E-state index contributed by atoms with van der Waals surface area (Å²) >= 11 is -1.33. The molecule has 1 rings (SSSR count). The summed E-state index contributed by atoms with van der Waals surface area (Å²) in [6, 6.07) is 3.80. The van der Waals surface area contributed by atoms with Crippen molar-refractivity contribution in [2.75, 3.05) is 5.32 Å². The number of carbonyl (C=O) groups is 1. The molecule has 22 heavy (non-hydrogen) atoms. The molecule has 0 radical (unpaired) electrons. The maximum absolute atomic E-state index is 13.0. The zero-order chi connectivity index (χ0) is 17.1. The van der Waals surface area contributed by atoms with Crippen LogP contribution in [-0.2, 0) is 16.2 Å². The minimum absolute atomic E-state index is 0.184. The highest BCUT2D eigenvalue weighted by Gasteiger charge is 2.28. The molecule has 0 aliphatic heterocycles. The number of halogens is 2. The van der Waals surface area contributed by atoms with Gasteiger partial charge >= 0.3 is 0 Å².